The van der Waals surface area contributed by atoms with Crippen LogP contribution in [0.2, 0.25) is 0 Å². The highest BCUT2D eigenvalue weighted by Crippen LogP contribution is 2.24. The quantitative estimate of drug-likeness (QED) is 0.913. The first kappa shape index (κ1) is 17.7. The van der Waals surface area contributed by atoms with Gasteiger partial charge in [0.2, 0.25) is 0 Å². The number of carbonyl (C=O) groups is 1. The Morgan fingerprint density at radius 3 is 2.91 bits per heavy atom. The van der Waals surface area contributed by atoms with E-state index in [2.05, 4.69) is 5.32 Å². The van der Waals surface area contributed by atoms with Crippen LogP contribution in [0.4, 0.5) is 14.9 Å². The van der Waals surface area contributed by atoms with Gasteiger partial charge in [-0.15, -0.1) is 0 Å². The van der Waals surface area contributed by atoms with Gasteiger partial charge in [0, 0.05) is 19.7 Å². The molecule has 1 aromatic carbocycles. The first-order valence-electron chi connectivity index (χ1n) is 7.53. The summed E-state index contributed by atoms with van der Waals surface area (Å²) in [6, 6.07) is 2.91. The molecule has 2 amide bonds. The number of benzene rings is 1. The highest BCUT2D eigenvalue weighted by molar-refractivity contribution is 7.91. The maximum absolute atomic E-state index is 13.4. The zero-order valence-corrected chi connectivity index (χ0v) is 14.0. The number of amides is 2. The van der Waals surface area contributed by atoms with Crippen LogP contribution in [-0.2, 0) is 14.6 Å². The molecule has 0 radical (unpaired) electrons. The number of rotatable bonds is 3. The van der Waals surface area contributed by atoms with Gasteiger partial charge in [0.15, 0.2) is 9.84 Å². The predicted octanol–water partition coefficient (Wildman–Crippen LogP) is 2.26. The molecule has 1 aromatic rings. The van der Waals surface area contributed by atoms with E-state index in [4.69, 9.17) is 4.74 Å². The third kappa shape index (κ3) is 4.42. The van der Waals surface area contributed by atoms with Crippen molar-refractivity contribution in [3.8, 4) is 0 Å². The van der Waals surface area contributed by atoms with Gasteiger partial charge < -0.3 is 15.0 Å². The molecule has 1 fully saturated rings. The maximum atomic E-state index is 13.4. The Balaban J connectivity index is 2.24. The standard InChI is InChI=1S/C15H21FN2O4S/c1-3-23(20,21)14-9-12(16)5-6-13(14)17-15(19)18-7-4-8-22-11(2)10-18/h5-6,9,11H,3-4,7-8,10H2,1-2H3,(H,17,19)/t11-/m1/s1. The fourth-order valence-corrected chi connectivity index (χ4v) is 3.44. The molecule has 1 heterocycles. The summed E-state index contributed by atoms with van der Waals surface area (Å²) in [4.78, 5) is 13.8. The normalized spacial score (nSPS) is 19.3. The lowest BCUT2D eigenvalue weighted by atomic mass is 10.3. The van der Waals surface area contributed by atoms with E-state index in [1.165, 1.54) is 13.0 Å². The summed E-state index contributed by atoms with van der Waals surface area (Å²) in [5, 5.41) is 2.58. The van der Waals surface area contributed by atoms with Gasteiger partial charge in [0.05, 0.1) is 22.4 Å². The summed E-state index contributed by atoms with van der Waals surface area (Å²) in [6.07, 6.45) is 0.622. The van der Waals surface area contributed by atoms with Crippen LogP contribution in [0.5, 0.6) is 0 Å². The number of anilines is 1. The van der Waals surface area contributed by atoms with Crippen LogP contribution >= 0.6 is 0 Å². The molecule has 128 valence electrons. The molecule has 0 spiro atoms. The first-order chi connectivity index (χ1) is 10.8. The van der Waals surface area contributed by atoms with Crippen molar-refractivity contribution in [3.05, 3.63) is 24.0 Å². The fraction of sp³-hybridized carbons (Fsp3) is 0.533. The molecule has 1 aliphatic rings. The van der Waals surface area contributed by atoms with Crippen molar-refractivity contribution in [1.82, 2.24) is 4.90 Å². The van der Waals surface area contributed by atoms with Crippen molar-refractivity contribution in [2.75, 3.05) is 30.8 Å². The third-order valence-electron chi connectivity index (χ3n) is 3.64. The molecule has 0 saturated carbocycles. The number of urea groups is 1. The van der Waals surface area contributed by atoms with Crippen molar-refractivity contribution in [2.24, 2.45) is 0 Å². The lowest BCUT2D eigenvalue weighted by molar-refractivity contribution is 0.0718. The van der Waals surface area contributed by atoms with E-state index in [0.717, 1.165) is 12.1 Å². The Bertz CT molecular complexity index is 678. The summed E-state index contributed by atoms with van der Waals surface area (Å²) >= 11 is 0. The van der Waals surface area contributed by atoms with Crippen LogP contribution in [0.15, 0.2) is 23.1 Å². The average molecular weight is 344 g/mol. The van der Waals surface area contributed by atoms with Crippen molar-refractivity contribution in [3.63, 3.8) is 0 Å². The van der Waals surface area contributed by atoms with Crippen molar-refractivity contribution >= 4 is 21.6 Å². The number of sulfone groups is 1. The summed E-state index contributed by atoms with van der Waals surface area (Å²) < 4.78 is 43.1. The van der Waals surface area contributed by atoms with Gasteiger partial charge in [-0.05, 0) is 31.5 Å². The minimum absolute atomic E-state index is 0.0877. The molecule has 0 unspecified atom stereocenters. The largest absolute Gasteiger partial charge is 0.377 e. The second-order valence-electron chi connectivity index (χ2n) is 5.46. The minimum Gasteiger partial charge on any atom is -0.377 e. The molecular weight excluding hydrogens is 323 g/mol. The number of carbonyl (C=O) groups excluding carboxylic acids is 1. The van der Waals surface area contributed by atoms with E-state index in [1.807, 2.05) is 6.92 Å². The molecule has 6 nitrogen and oxygen atoms in total. The minimum atomic E-state index is -3.64. The monoisotopic (exact) mass is 344 g/mol. The molecule has 23 heavy (non-hydrogen) atoms. The first-order valence-corrected chi connectivity index (χ1v) is 9.18. The highest BCUT2D eigenvalue weighted by atomic mass is 32.2. The van der Waals surface area contributed by atoms with Gasteiger partial charge in [-0.1, -0.05) is 6.92 Å². The van der Waals surface area contributed by atoms with E-state index >= 15 is 0 Å². The smallest absolute Gasteiger partial charge is 0.321 e. The van der Waals surface area contributed by atoms with Crippen molar-refractivity contribution in [2.45, 2.75) is 31.3 Å². The Hall–Kier alpha value is -1.67. The molecule has 1 atom stereocenters. The third-order valence-corrected chi connectivity index (χ3v) is 5.41. The Morgan fingerprint density at radius 1 is 1.48 bits per heavy atom. The number of ether oxygens (including phenoxy) is 1. The van der Waals surface area contributed by atoms with Gasteiger partial charge in [0.1, 0.15) is 5.82 Å². The summed E-state index contributed by atoms with van der Waals surface area (Å²) in [7, 11) is -3.64. The predicted molar refractivity (Wildman–Crippen MR) is 84.7 cm³/mol. The molecule has 1 saturated heterocycles. The number of nitrogens with zero attached hydrogens (tertiary/aromatic N) is 1. The second-order valence-corrected chi connectivity index (χ2v) is 7.70. The number of hydrogen-bond donors (Lipinski definition) is 1. The zero-order valence-electron chi connectivity index (χ0n) is 13.2. The van der Waals surface area contributed by atoms with Gasteiger partial charge in [-0.25, -0.2) is 17.6 Å². The Morgan fingerprint density at radius 2 is 2.22 bits per heavy atom. The van der Waals surface area contributed by atoms with Gasteiger partial charge in [-0.2, -0.15) is 0 Å². The molecule has 8 heteroatoms. The molecule has 2 rings (SSSR count). The molecule has 1 N–H and O–H groups in total. The van der Waals surface area contributed by atoms with E-state index in [1.54, 1.807) is 4.90 Å². The van der Waals surface area contributed by atoms with E-state index < -0.39 is 21.7 Å². The van der Waals surface area contributed by atoms with Crippen LogP contribution in [0.3, 0.4) is 0 Å². The van der Waals surface area contributed by atoms with Crippen LogP contribution in [-0.4, -0.2) is 50.9 Å². The van der Waals surface area contributed by atoms with Gasteiger partial charge in [-0.3, -0.25) is 0 Å². The molecule has 0 aliphatic carbocycles. The van der Waals surface area contributed by atoms with Crippen LogP contribution in [0.25, 0.3) is 0 Å². The number of hydrogen-bond acceptors (Lipinski definition) is 4. The maximum Gasteiger partial charge on any atom is 0.321 e. The molecule has 0 aromatic heterocycles. The second kappa shape index (κ2) is 7.27. The van der Waals surface area contributed by atoms with E-state index in [9.17, 15) is 17.6 Å². The van der Waals surface area contributed by atoms with Crippen molar-refractivity contribution in [1.29, 1.82) is 0 Å². The topological polar surface area (TPSA) is 75.7 Å². The fourth-order valence-electron chi connectivity index (χ4n) is 2.39. The molecular formula is C15H21FN2O4S. The lowest BCUT2D eigenvalue weighted by Gasteiger charge is -2.23. The summed E-state index contributed by atoms with van der Waals surface area (Å²) in [6.45, 7) is 4.86. The number of nitrogens with one attached hydrogen (secondary N) is 1. The highest BCUT2D eigenvalue weighted by Gasteiger charge is 2.23. The summed E-state index contributed by atoms with van der Waals surface area (Å²) in [5.74, 6) is -0.833. The van der Waals surface area contributed by atoms with E-state index in [0.29, 0.717) is 26.1 Å². The van der Waals surface area contributed by atoms with Gasteiger partial charge >= 0.3 is 6.03 Å². The Labute approximate surface area is 135 Å². The zero-order chi connectivity index (χ0) is 17.0. The van der Waals surface area contributed by atoms with Crippen LogP contribution in [0, 0.1) is 5.82 Å². The molecule has 0 bridgehead atoms. The van der Waals surface area contributed by atoms with Crippen LogP contribution in [0.1, 0.15) is 20.3 Å². The Kier molecular flexibility index (Phi) is 5.59. The molecule has 1 aliphatic heterocycles. The van der Waals surface area contributed by atoms with Gasteiger partial charge in [0.25, 0.3) is 0 Å². The lowest BCUT2D eigenvalue weighted by Crippen LogP contribution is -2.39. The van der Waals surface area contributed by atoms with E-state index in [-0.39, 0.29) is 22.4 Å². The van der Waals surface area contributed by atoms with Crippen LogP contribution < -0.4 is 5.32 Å². The SMILES string of the molecule is CCS(=O)(=O)c1cc(F)ccc1NC(=O)N1CCCO[C@H](C)C1. The average Bonchev–Trinajstić information content (AvgIpc) is 2.73. The van der Waals surface area contributed by atoms with Crippen molar-refractivity contribution < 1.29 is 22.3 Å². The number of halogens is 1. The summed E-state index contributed by atoms with van der Waals surface area (Å²) in [5.41, 5.74) is 0.0936.